The maximum absolute atomic E-state index is 12.6. The zero-order valence-corrected chi connectivity index (χ0v) is 15.3. The summed E-state index contributed by atoms with van der Waals surface area (Å²) in [7, 11) is 0. The van der Waals surface area contributed by atoms with Gasteiger partial charge in [-0.25, -0.2) is 9.78 Å². The predicted octanol–water partition coefficient (Wildman–Crippen LogP) is -2.06. The molecule has 12 nitrogen and oxygen atoms in total. The molecule has 1 heterocycles. The van der Waals surface area contributed by atoms with Crippen molar-refractivity contribution in [1.29, 1.82) is 0 Å². The van der Waals surface area contributed by atoms with E-state index in [-0.39, 0.29) is 12.8 Å². The molecular weight excluding hydrogens is 372 g/mol. The van der Waals surface area contributed by atoms with Crippen LogP contribution in [0, 0.1) is 0 Å². The minimum atomic E-state index is -1.33. The molecule has 0 aliphatic carbocycles. The molecule has 28 heavy (non-hydrogen) atoms. The SMILES string of the molecule is NCCCC[C@H](NC(=O)[C@@H](N)CC(=O)O)C(=O)N[C@@H](Cc1cnc[nH]1)C(=O)O. The fourth-order valence-corrected chi connectivity index (χ4v) is 2.41. The molecule has 0 bridgehead atoms. The monoisotopic (exact) mass is 398 g/mol. The zero-order chi connectivity index (χ0) is 21.1. The largest absolute Gasteiger partial charge is 0.481 e. The first-order valence-electron chi connectivity index (χ1n) is 8.72. The molecule has 0 unspecified atom stereocenters. The Hall–Kier alpha value is -2.99. The van der Waals surface area contributed by atoms with Gasteiger partial charge in [0.2, 0.25) is 11.8 Å². The van der Waals surface area contributed by atoms with Crippen LogP contribution in [0.15, 0.2) is 12.5 Å². The standard InChI is InChI=1S/C16H26N6O6/c17-4-2-1-3-11(21-14(25)10(18)6-13(23)24)15(26)22-12(16(27)28)5-9-7-19-8-20-9/h7-8,10-12H,1-6,17-18H2,(H,19,20)(H,21,25)(H,22,26)(H,23,24)(H,27,28)/t10-,11-,12-/m0/s1. The van der Waals surface area contributed by atoms with E-state index in [0.29, 0.717) is 25.1 Å². The second kappa shape index (κ2) is 11.7. The number of nitrogens with two attached hydrogens (primary N) is 2. The Morgan fingerprint density at radius 2 is 1.79 bits per heavy atom. The first-order chi connectivity index (χ1) is 13.2. The second-order valence-corrected chi connectivity index (χ2v) is 6.23. The number of aliphatic carboxylic acids is 2. The number of aromatic amines is 1. The molecule has 0 fully saturated rings. The number of amides is 2. The van der Waals surface area contributed by atoms with Gasteiger partial charge in [0.1, 0.15) is 12.1 Å². The lowest BCUT2D eigenvalue weighted by Gasteiger charge is -2.22. The van der Waals surface area contributed by atoms with Gasteiger partial charge < -0.3 is 37.3 Å². The summed E-state index contributed by atoms with van der Waals surface area (Å²) in [6.07, 6.45) is 3.50. The van der Waals surface area contributed by atoms with Gasteiger partial charge in [0.05, 0.1) is 18.8 Å². The van der Waals surface area contributed by atoms with E-state index < -0.39 is 48.3 Å². The third-order valence-electron chi connectivity index (χ3n) is 3.90. The van der Waals surface area contributed by atoms with Crippen LogP contribution in [-0.4, -0.2) is 68.6 Å². The van der Waals surface area contributed by atoms with Crippen LogP contribution in [-0.2, 0) is 25.6 Å². The maximum Gasteiger partial charge on any atom is 0.326 e. The molecule has 9 N–H and O–H groups in total. The third-order valence-corrected chi connectivity index (χ3v) is 3.90. The number of carbonyl (C=O) groups excluding carboxylic acids is 2. The van der Waals surface area contributed by atoms with Crippen molar-refractivity contribution >= 4 is 23.8 Å². The highest BCUT2D eigenvalue weighted by Crippen LogP contribution is 2.05. The first-order valence-corrected chi connectivity index (χ1v) is 8.72. The Morgan fingerprint density at radius 3 is 2.32 bits per heavy atom. The molecule has 0 spiro atoms. The predicted molar refractivity (Wildman–Crippen MR) is 96.9 cm³/mol. The molecule has 3 atom stereocenters. The number of unbranched alkanes of at least 4 members (excludes halogenated alkanes) is 1. The molecule has 0 saturated carbocycles. The highest BCUT2D eigenvalue weighted by atomic mass is 16.4. The van der Waals surface area contributed by atoms with Crippen molar-refractivity contribution in [3.8, 4) is 0 Å². The molecule has 2 amide bonds. The van der Waals surface area contributed by atoms with Crippen molar-refractivity contribution in [2.75, 3.05) is 6.54 Å². The molecule has 0 saturated heterocycles. The van der Waals surface area contributed by atoms with Gasteiger partial charge in [-0.3, -0.25) is 14.4 Å². The number of hydrogen-bond acceptors (Lipinski definition) is 7. The highest BCUT2D eigenvalue weighted by molar-refractivity contribution is 5.92. The molecule has 1 aromatic heterocycles. The molecule has 1 rings (SSSR count). The number of imidazole rings is 1. The molecule has 0 aliphatic heterocycles. The van der Waals surface area contributed by atoms with Crippen molar-refractivity contribution in [3.05, 3.63) is 18.2 Å². The van der Waals surface area contributed by atoms with Crippen LogP contribution in [0.5, 0.6) is 0 Å². The quantitative estimate of drug-likeness (QED) is 0.182. The third kappa shape index (κ3) is 8.14. The van der Waals surface area contributed by atoms with Crippen molar-refractivity contribution in [1.82, 2.24) is 20.6 Å². The lowest BCUT2D eigenvalue weighted by Crippen LogP contribution is -2.55. The van der Waals surface area contributed by atoms with Gasteiger partial charge in [-0.1, -0.05) is 0 Å². The Bertz CT molecular complexity index is 665. The summed E-state index contributed by atoms with van der Waals surface area (Å²) < 4.78 is 0. The van der Waals surface area contributed by atoms with Gasteiger partial charge in [-0.15, -0.1) is 0 Å². The molecule has 0 aliphatic rings. The van der Waals surface area contributed by atoms with E-state index in [1.165, 1.54) is 12.5 Å². The van der Waals surface area contributed by atoms with Gasteiger partial charge in [-0.2, -0.15) is 0 Å². The van der Waals surface area contributed by atoms with Gasteiger partial charge >= 0.3 is 11.9 Å². The van der Waals surface area contributed by atoms with E-state index in [9.17, 15) is 24.3 Å². The normalized spacial score (nSPS) is 13.9. The second-order valence-electron chi connectivity index (χ2n) is 6.23. The van der Waals surface area contributed by atoms with Gasteiger partial charge in [0, 0.05) is 18.3 Å². The lowest BCUT2D eigenvalue weighted by molar-refractivity contribution is -0.142. The average Bonchev–Trinajstić information content (AvgIpc) is 3.12. The molecule has 1 aromatic rings. The lowest BCUT2D eigenvalue weighted by atomic mass is 10.1. The van der Waals surface area contributed by atoms with Gasteiger partial charge in [-0.05, 0) is 25.8 Å². The number of hydrogen-bond donors (Lipinski definition) is 7. The Labute approximate surface area is 161 Å². The summed E-state index contributed by atoms with van der Waals surface area (Å²) >= 11 is 0. The fraction of sp³-hybridized carbons (Fsp3) is 0.562. The van der Waals surface area contributed by atoms with E-state index in [2.05, 4.69) is 20.6 Å². The Morgan fingerprint density at radius 1 is 1.11 bits per heavy atom. The fourth-order valence-electron chi connectivity index (χ4n) is 2.41. The van der Waals surface area contributed by atoms with Crippen LogP contribution >= 0.6 is 0 Å². The van der Waals surface area contributed by atoms with Crippen molar-refractivity contribution in [2.45, 2.75) is 50.2 Å². The average molecular weight is 398 g/mol. The highest BCUT2D eigenvalue weighted by Gasteiger charge is 2.28. The summed E-state index contributed by atoms with van der Waals surface area (Å²) in [5, 5.41) is 22.8. The minimum absolute atomic E-state index is 0.0247. The molecule has 0 radical (unpaired) electrons. The van der Waals surface area contributed by atoms with E-state index in [1.54, 1.807) is 0 Å². The number of carboxylic acid groups (broad SMARTS) is 2. The number of carbonyl (C=O) groups is 4. The number of H-pyrrole nitrogens is 1. The van der Waals surface area contributed by atoms with E-state index >= 15 is 0 Å². The minimum Gasteiger partial charge on any atom is -0.481 e. The molecular formula is C16H26N6O6. The number of aromatic nitrogens is 2. The van der Waals surface area contributed by atoms with Crippen LogP contribution in [0.25, 0.3) is 0 Å². The number of rotatable bonds is 13. The van der Waals surface area contributed by atoms with Crippen LogP contribution in [0.4, 0.5) is 0 Å². The first kappa shape index (κ1) is 23.0. The van der Waals surface area contributed by atoms with Gasteiger partial charge in [0.25, 0.3) is 0 Å². The Kier molecular flexibility index (Phi) is 9.60. The van der Waals surface area contributed by atoms with Crippen LogP contribution in [0.2, 0.25) is 0 Å². The molecule has 156 valence electrons. The molecule has 0 aromatic carbocycles. The van der Waals surface area contributed by atoms with Crippen LogP contribution < -0.4 is 22.1 Å². The van der Waals surface area contributed by atoms with Gasteiger partial charge in [0.15, 0.2) is 0 Å². The van der Waals surface area contributed by atoms with Crippen molar-refractivity contribution in [3.63, 3.8) is 0 Å². The van der Waals surface area contributed by atoms with E-state index in [1.807, 2.05) is 0 Å². The zero-order valence-electron chi connectivity index (χ0n) is 15.3. The summed E-state index contributed by atoms with van der Waals surface area (Å²) in [5.74, 6) is -4.02. The number of nitrogens with one attached hydrogen (secondary N) is 3. The van der Waals surface area contributed by atoms with Crippen LogP contribution in [0.1, 0.15) is 31.4 Å². The number of nitrogens with zero attached hydrogens (tertiary/aromatic N) is 1. The van der Waals surface area contributed by atoms with E-state index in [4.69, 9.17) is 16.6 Å². The van der Waals surface area contributed by atoms with E-state index in [0.717, 1.165) is 0 Å². The Balaban J connectivity index is 2.79. The molecule has 12 heteroatoms. The smallest absolute Gasteiger partial charge is 0.326 e. The maximum atomic E-state index is 12.6. The number of carboxylic acids is 2. The van der Waals surface area contributed by atoms with Crippen molar-refractivity contribution < 1.29 is 29.4 Å². The van der Waals surface area contributed by atoms with Crippen LogP contribution in [0.3, 0.4) is 0 Å². The topological polar surface area (TPSA) is 214 Å². The van der Waals surface area contributed by atoms with Crippen molar-refractivity contribution in [2.24, 2.45) is 11.5 Å². The summed E-state index contributed by atoms with van der Waals surface area (Å²) in [6.45, 7) is 0.387. The summed E-state index contributed by atoms with van der Waals surface area (Å²) in [6, 6.07) is -3.64. The summed E-state index contributed by atoms with van der Waals surface area (Å²) in [5.41, 5.74) is 11.5. The summed E-state index contributed by atoms with van der Waals surface area (Å²) in [4.78, 5) is 53.3.